The molecule has 0 saturated carbocycles. The Labute approximate surface area is 124 Å². The lowest BCUT2D eigenvalue weighted by Crippen LogP contribution is -2.37. The van der Waals surface area contributed by atoms with Crippen molar-refractivity contribution in [3.63, 3.8) is 0 Å². The van der Waals surface area contributed by atoms with Crippen molar-refractivity contribution in [2.45, 2.75) is 38.6 Å². The highest BCUT2D eigenvalue weighted by Gasteiger charge is 2.26. The third-order valence-electron chi connectivity index (χ3n) is 4.18. The van der Waals surface area contributed by atoms with E-state index in [9.17, 15) is 5.11 Å². The van der Waals surface area contributed by atoms with E-state index >= 15 is 0 Å². The number of rotatable bonds is 3. The molecule has 2 heterocycles. The zero-order chi connectivity index (χ0) is 14.8. The van der Waals surface area contributed by atoms with Crippen LogP contribution in [0.5, 0.6) is 5.75 Å². The number of piperidine rings is 1. The van der Waals surface area contributed by atoms with Crippen LogP contribution in [0.1, 0.15) is 38.5 Å². The Morgan fingerprint density at radius 2 is 1.86 bits per heavy atom. The third kappa shape index (κ3) is 3.08. The first-order valence-electron chi connectivity index (χ1n) is 7.50. The molecule has 1 saturated heterocycles. The molecule has 0 atom stereocenters. The van der Waals surface area contributed by atoms with Gasteiger partial charge in [0, 0.05) is 17.5 Å². The molecule has 0 amide bonds. The van der Waals surface area contributed by atoms with Gasteiger partial charge < -0.3 is 14.5 Å². The molecule has 0 unspecified atom stereocenters. The predicted molar refractivity (Wildman–Crippen MR) is 80.1 cm³/mol. The van der Waals surface area contributed by atoms with Gasteiger partial charge in [-0.15, -0.1) is 0 Å². The van der Waals surface area contributed by atoms with E-state index in [1.807, 2.05) is 0 Å². The van der Waals surface area contributed by atoms with E-state index < -0.39 is 0 Å². The lowest BCUT2D eigenvalue weighted by Gasteiger charge is -2.33. The van der Waals surface area contributed by atoms with Crippen molar-refractivity contribution in [1.82, 2.24) is 15.0 Å². The first-order chi connectivity index (χ1) is 10.1. The third-order valence-corrected chi connectivity index (χ3v) is 4.18. The molecule has 5 heteroatoms. The molecular weight excluding hydrogens is 266 g/mol. The molecule has 1 aromatic heterocycles. The fourth-order valence-electron chi connectivity index (χ4n) is 2.79. The molecule has 112 valence electrons. The lowest BCUT2D eigenvalue weighted by atomic mass is 9.96. The Hall–Kier alpha value is -1.88. The molecule has 0 radical (unpaired) electrons. The van der Waals surface area contributed by atoms with E-state index in [-0.39, 0.29) is 5.75 Å². The topological polar surface area (TPSA) is 62.4 Å². The number of likely N-dealkylation sites (tertiary alicyclic amines) is 1. The first-order valence-corrected chi connectivity index (χ1v) is 7.50. The number of hydrogen-bond acceptors (Lipinski definition) is 5. The molecule has 0 aliphatic carbocycles. The second kappa shape index (κ2) is 5.85. The summed E-state index contributed by atoms with van der Waals surface area (Å²) in [5.74, 6) is 1.93. The molecule has 0 bridgehead atoms. The van der Waals surface area contributed by atoms with Crippen LogP contribution in [0.25, 0.3) is 11.4 Å². The van der Waals surface area contributed by atoms with Crippen LogP contribution in [0, 0.1) is 0 Å². The van der Waals surface area contributed by atoms with Crippen LogP contribution in [0.3, 0.4) is 0 Å². The van der Waals surface area contributed by atoms with E-state index in [4.69, 9.17) is 4.52 Å². The minimum absolute atomic E-state index is 0.239. The maximum atomic E-state index is 9.31. The largest absolute Gasteiger partial charge is 0.508 e. The van der Waals surface area contributed by atoms with Crippen LogP contribution >= 0.6 is 0 Å². The van der Waals surface area contributed by atoms with Crippen molar-refractivity contribution in [2.24, 2.45) is 0 Å². The number of hydrogen-bond donors (Lipinski definition) is 1. The minimum Gasteiger partial charge on any atom is -0.508 e. The van der Waals surface area contributed by atoms with E-state index in [2.05, 4.69) is 28.9 Å². The first kappa shape index (κ1) is 14.1. The quantitative estimate of drug-likeness (QED) is 0.940. The Morgan fingerprint density at radius 3 is 2.48 bits per heavy atom. The lowest BCUT2D eigenvalue weighted by molar-refractivity contribution is 0.160. The van der Waals surface area contributed by atoms with Gasteiger partial charge in [-0.1, -0.05) is 5.16 Å². The Bertz CT molecular complexity index is 584. The van der Waals surface area contributed by atoms with Crippen molar-refractivity contribution < 1.29 is 9.63 Å². The van der Waals surface area contributed by atoms with Crippen molar-refractivity contribution in [1.29, 1.82) is 0 Å². The van der Waals surface area contributed by atoms with Gasteiger partial charge in [0.15, 0.2) is 0 Å². The fraction of sp³-hybridized carbons (Fsp3) is 0.500. The number of aromatic hydroxyl groups is 1. The molecule has 3 rings (SSSR count). The van der Waals surface area contributed by atoms with Crippen molar-refractivity contribution in [3.8, 4) is 17.1 Å². The highest BCUT2D eigenvalue weighted by Crippen LogP contribution is 2.29. The molecule has 1 aliphatic rings. The second-order valence-corrected chi connectivity index (χ2v) is 5.91. The SMILES string of the molecule is CC(C)N1CCC(c2nc(-c3ccc(O)cc3)no2)CC1. The molecule has 2 aromatic rings. The average molecular weight is 287 g/mol. The summed E-state index contributed by atoms with van der Waals surface area (Å²) in [7, 11) is 0. The normalized spacial score (nSPS) is 17.5. The number of phenolic OH excluding ortho intramolecular Hbond substituents is 1. The molecule has 0 spiro atoms. The van der Waals surface area contributed by atoms with Crippen LogP contribution < -0.4 is 0 Å². The van der Waals surface area contributed by atoms with Crippen LogP contribution in [-0.4, -0.2) is 39.3 Å². The van der Waals surface area contributed by atoms with E-state index in [0.29, 0.717) is 17.8 Å². The summed E-state index contributed by atoms with van der Waals surface area (Å²) >= 11 is 0. The van der Waals surface area contributed by atoms with Crippen molar-refractivity contribution in [2.75, 3.05) is 13.1 Å². The minimum atomic E-state index is 0.239. The molecule has 1 aliphatic heterocycles. The van der Waals surface area contributed by atoms with Gasteiger partial charge in [0.1, 0.15) is 5.75 Å². The Balaban J connectivity index is 1.70. The van der Waals surface area contributed by atoms with Gasteiger partial charge in [0.2, 0.25) is 11.7 Å². The molecule has 1 aromatic carbocycles. The van der Waals surface area contributed by atoms with Gasteiger partial charge in [-0.3, -0.25) is 0 Å². The van der Waals surface area contributed by atoms with Crippen LogP contribution in [0.2, 0.25) is 0 Å². The maximum Gasteiger partial charge on any atom is 0.230 e. The van der Waals surface area contributed by atoms with Gasteiger partial charge in [0.05, 0.1) is 0 Å². The summed E-state index contributed by atoms with van der Waals surface area (Å²) in [4.78, 5) is 7.01. The smallest absolute Gasteiger partial charge is 0.230 e. The summed E-state index contributed by atoms with van der Waals surface area (Å²) in [6.07, 6.45) is 2.13. The maximum absolute atomic E-state index is 9.31. The monoisotopic (exact) mass is 287 g/mol. The fourth-order valence-corrected chi connectivity index (χ4v) is 2.79. The number of nitrogens with zero attached hydrogens (tertiary/aromatic N) is 3. The summed E-state index contributed by atoms with van der Waals surface area (Å²) in [6.45, 7) is 6.63. The van der Waals surface area contributed by atoms with Crippen LogP contribution in [-0.2, 0) is 0 Å². The number of benzene rings is 1. The van der Waals surface area contributed by atoms with E-state index in [1.54, 1.807) is 24.3 Å². The standard InChI is InChI=1S/C16H21N3O2/c1-11(2)19-9-7-13(8-10-19)16-17-15(18-21-16)12-3-5-14(20)6-4-12/h3-6,11,13,20H,7-10H2,1-2H3. The summed E-state index contributed by atoms with van der Waals surface area (Å²) < 4.78 is 5.44. The number of phenols is 1. The van der Waals surface area contributed by atoms with Gasteiger partial charge in [-0.25, -0.2) is 0 Å². The predicted octanol–water partition coefficient (Wildman–Crippen LogP) is 3.03. The summed E-state index contributed by atoms with van der Waals surface area (Å²) in [6, 6.07) is 7.46. The highest BCUT2D eigenvalue weighted by molar-refractivity contribution is 5.55. The highest BCUT2D eigenvalue weighted by atomic mass is 16.5. The average Bonchev–Trinajstić information content (AvgIpc) is 2.98. The summed E-state index contributed by atoms with van der Waals surface area (Å²) in [5.41, 5.74) is 0.863. The molecule has 5 nitrogen and oxygen atoms in total. The molecular formula is C16H21N3O2. The molecule has 1 N–H and O–H groups in total. The zero-order valence-corrected chi connectivity index (χ0v) is 12.5. The zero-order valence-electron chi connectivity index (χ0n) is 12.5. The number of aromatic nitrogens is 2. The Kier molecular flexibility index (Phi) is 3.92. The summed E-state index contributed by atoms with van der Waals surface area (Å²) in [5, 5.41) is 13.4. The molecule has 1 fully saturated rings. The van der Waals surface area contributed by atoms with Gasteiger partial charge >= 0.3 is 0 Å². The van der Waals surface area contributed by atoms with Gasteiger partial charge in [-0.2, -0.15) is 4.98 Å². The van der Waals surface area contributed by atoms with Gasteiger partial charge in [0.25, 0.3) is 0 Å². The second-order valence-electron chi connectivity index (χ2n) is 5.91. The van der Waals surface area contributed by atoms with Crippen LogP contribution in [0.15, 0.2) is 28.8 Å². The Morgan fingerprint density at radius 1 is 1.19 bits per heavy atom. The van der Waals surface area contributed by atoms with E-state index in [0.717, 1.165) is 37.4 Å². The van der Waals surface area contributed by atoms with Gasteiger partial charge in [-0.05, 0) is 64.0 Å². The molecule has 21 heavy (non-hydrogen) atoms. The van der Waals surface area contributed by atoms with Crippen LogP contribution in [0.4, 0.5) is 0 Å². The van der Waals surface area contributed by atoms with E-state index in [1.165, 1.54) is 0 Å². The van der Waals surface area contributed by atoms with Crippen molar-refractivity contribution >= 4 is 0 Å². The van der Waals surface area contributed by atoms with Crippen molar-refractivity contribution in [3.05, 3.63) is 30.2 Å².